The highest BCUT2D eigenvalue weighted by molar-refractivity contribution is 5.77. The van der Waals surface area contributed by atoms with Crippen LogP contribution < -0.4 is 10.6 Å². The molecule has 3 rings (SSSR count). The molecule has 1 aromatic carbocycles. The molecule has 1 heterocycles. The zero-order valence-electron chi connectivity index (χ0n) is 14.6. The van der Waals surface area contributed by atoms with Gasteiger partial charge >= 0.3 is 0 Å². The molecule has 1 saturated heterocycles. The van der Waals surface area contributed by atoms with Gasteiger partial charge in [-0.05, 0) is 43.2 Å². The van der Waals surface area contributed by atoms with E-state index >= 15 is 0 Å². The van der Waals surface area contributed by atoms with E-state index in [2.05, 4.69) is 47.6 Å². The standard InChI is InChI=1S/C19H29N3O/c1-13-4-5-15-11-14(2)19(17(15)10-13)21-16-6-8-22(9-7-16)12-18(23)20-3/h4-5,10,14,16,19,21H,6-9,11-12H2,1-3H3,(H,20,23)/t14-,19-/m0/s1. The van der Waals surface area contributed by atoms with E-state index in [9.17, 15) is 4.79 Å². The number of rotatable bonds is 4. The Labute approximate surface area is 139 Å². The SMILES string of the molecule is CNC(=O)CN1CCC(N[C@@H]2c3cc(C)ccc3C[C@@H]2C)CC1. The topological polar surface area (TPSA) is 44.4 Å². The minimum absolute atomic E-state index is 0.116. The molecule has 2 aliphatic rings. The second-order valence-corrected chi connectivity index (χ2v) is 7.25. The smallest absolute Gasteiger partial charge is 0.233 e. The van der Waals surface area contributed by atoms with E-state index in [0.29, 0.717) is 24.5 Å². The Morgan fingerprint density at radius 1 is 1.30 bits per heavy atom. The summed E-state index contributed by atoms with van der Waals surface area (Å²) in [5, 5.41) is 6.62. The van der Waals surface area contributed by atoms with Crippen molar-refractivity contribution in [2.45, 2.75) is 45.2 Å². The van der Waals surface area contributed by atoms with Gasteiger partial charge in [-0.2, -0.15) is 0 Å². The number of benzene rings is 1. The van der Waals surface area contributed by atoms with Gasteiger partial charge in [-0.1, -0.05) is 30.7 Å². The second-order valence-electron chi connectivity index (χ2n) is 7.25. The number of fused-ring (bicyclic) bond motifs is 1. The molecule has 0 unspecified atom stereocenters. The van der Waals surface area contributed by atoms with Gasteiger partial charge < -0.3 is 10.6 Å². The van der Waals surface area contributed by atoms with Gasteiger partial charge in [0.1, 0.15) is 0 Å². The van der Waals surface area contributed by atoms with Crippen molar-refractivity contribution >= 4 is 5.91 Å². The first-order chi connectivity index (χ1) is 11.1. The van der Waals surface area contributed by atoms with Crippen molar-refractivity contribution < 1.29 is 4.79 Å². The summed E-state index contributed by atoms with van der Waals surface area (Å²) < 4.78 is 0. The molecule has 23 heavy (non-hydrogen) atoms. The van der Waals surface area contributed by atoms with Crippen molar-refractivity contribution in [2.75, 3.05) is 26.7 Å². The van der Waals surface area contributed by atoms with Crippen LogP contribution in [0.2, 0.25) is 0 Å². The molecule has 0 bridgehead atoms. The summed E-state index contributed by atoms with van der Waals surface area (Å²) in [6, 6.07) is 7.94. The molecule has 2 atom stereocenters. The van der Waals surface area contributed by atoms with Crippen LogP contribution in [0.15, 0.2) is 18.2 Å². The van der Waals surface area contributed by atoms with E-state index in [-0.39, 0.29) is 5.91 Å². The fourth-order valence-electron chi connectivity index (χ4n) is 4.01. The zero-order chi connectivity index (χ0) is 16.4. The number of hydrogen-bond acceptors (Lipinski definition) is 3. The molecule has 4 nitrogen and oxygen atoms in total. The minimum Gasteiger partial charge on any atom is -0.358 e. The van der Waals surface area contributed by atoms with Crippen LogP contribution in [0.5, 0.6) is 0 Å². The van der Waals surface area contributed by atoms with Gasteiger partial charge in [0.15, 0.2) is 0 Å². The maximum Gasteiger partial charge on any atom is 0.233 e. The van der Waals surface area contributed by atoms with E-state index in [0.717, 1.165) is 25.9 Å². The average Bonchev–Trinajstić information content (AvgIpc) is 2.84. The molecule has 1 aliphatic carbocycles. The molecule has 2 N–H and O–H groups in total. The first-order valence-electron chi connectivity index (χ1n) is 8.85. The van der Waals surface area contributed by atoms with Crippen molar-refractivity contribution in [3.05, 3.63) is 34.9 Å². The summed E-state index contributed by atoms with van der Waals surface area (Å²) in [5.41, 5.74) is 4.37. The normalized spacial score (nSPS) is 25.3. The Kier molecular flexibility index (Phi) is 5.02. The van der Waals surface area contributed by atoms with Gasteiger partial charge in [0.25, 0.3) is 0 Å². The molecular weight excluding hydrogens is 286 g/mol. The van der Waals surface area contributed by atoms with Crippen molar-refractivity contribution in [1.82, 2.24) is 15.5 Å². The lowest BCUT2D eigenvalue weighted by atomic mass is 9.97. The highest BCUT2D eigenvalue weighted by Crippen LogP contribution is 2.37. The van der Waals surface area contributed by atoms with Crippen molar-refractivity contribution in [3.8, 4) is 0 Å². The summed E-state index contributed by atoms with van der Waals surface area (Å²) in [4.78, 5) is 13.7. The third-order valence-electron chi connectivity index (χ3n) is 5.40. The Morgan fingerprint density at radius 3 is 2.74 bits per heavy atom. The van der Waals surface area contributed by atoms with Crippen molar-refractivity contribution in [2.24, 2.45) is 5.92 Å². The number of carbonyl (C=O) groups is 1. The monoisotopic (exact) mass is 315 g/mol. The summed E-state index contributed by atoms with van der Waals surface area (Å²) in [6.07, 6.45) is 3.44. The number of amides is 1. The number of piperidine rings is 1. The molecule has 1 amide bonds. The largest absolute Gasteiger partial charge is 0.358 e. The van der Waals surface area contributed by atoms with E-state index in [1.165, 1.54) is 23.1 Å². The molecule has 4 heteroatoms. The highest BCUT2D eigenvalue weighted by Gasteiger charge is 2.32. The molecular formula is C19H29N3O. The molecule has 1 aromatic rings. The third kappa shape index (κ3) is 3.75. The molecule has 1 aliphatic heterocycles. The molecule has 1 fully saturated rings. The number of nitrogens with one attached hydrogen (secondary N) is 2. The van der Waals surface area contributed by atoms with Gasteiger partial charge in [0.2, 0.25) is 5.91 Å². The van der Waals surface area contributed by atoms with Crippen molar-refractivity contribution in [1.29, 1.82) is 0 Å². The van der Waals surface area contributed by atoms with Gasteiger partial charge in [-0.3, -0.25) is 9.69 Å². The Morgan fingerprint density at radius 2 is 2.04 bits per heavy atom. The van der Waals surface area contributed by atoms with E-state index < -0.39 is 0 Å². The van der Waals surface area contributed by atoms with Crippen LogP contribution in [0.3, 0.4) is 0 Å². The van der Waals surface area contributed by atoms with E-state index in [4.69, 9.17) is 0 Å². The first kappa shape index (κ1) is 16.5. The van der Waals surface area contributed by atoms with E-state index in [1.54, 1.807) is 7.05 Å². The zero-order valence-corrected chi connectivity index (χ0v) is 14.6. The maximum absolute atomic E-state index is 11.5. The molecule has 0 saturated carbocycles. The summed E-state index contributed by atoms with van der Waals surface area (Å²) in [7, 11) is 1.71. The molecule has 0 aromatic heterocycles. The number of hydrogen-bond donors (Lipinski definition) is 2. The Hall–Kier alpha value is -1.39. The lowest BCUT2D eigenvalue weighted by molar-refractivity contribution is -0.122. The fraction of sp³-hybridized carbons (Fsp3) is 0.632. The third-order valence-corrected chi connectivity index (χ3v) is 5.40. The quantitative estimate of drug-likeness (QED) is 0.893. The average molecular weight is 315 g/mol. The fourth-order valence-corrected chi connectivity index (χ4v) is 4.01. The number of likely N-dealkylation sites (N-methyl/N-ethyl adjacent to an activating group) is 1. The van der Waals surface area contributed by atoms with E-state index in [1.807, 2.05) is 0 Å². The predicted molar refractivity (Wildman–Crippen MR) is 93.5 cm³/mol. The van der Waals surface area contributed by atoms with Crippen LogP contribution in [0.4, 0.5) is 0 Å². The van der Waals surface area contributed by atoms with Crippen molar-refractivity contribution in [3.63, 3.8) is 0 Å². The van der Waals surface area contributed by atoms with Crippen LogP contribution in [0.1, 0.15) is 42.5 Å². The Balaban J connectivity index is 1.57. The predicted octanol–water partition coefficient (Wildman–Crippen LogP) is 2.03. The summed E-state index contributed by atoms with van der Waals surface area (Å²) in [6.45, 7) is 7.08. The first-order valence-corrected chi connectivity index (χ1v) is 8.85. The molecule has 0 spiro atoms. The van der Waals surface area contributed by atoms with Gasteiger partial charge in [-0.15, -0.1) is 0 Å². The minimum atomic E-state index is 0.116. The van der Waals surface area contributed by atoms with Gasteiger partial charge in [-0.25, -0.2) is 0 Å². The maximum atomic E-state index is 11.5. The van der Waals surface area contributed by atoms with Crippen LogP contribution in [0, 0.1) is 12.8 Å². The molecule has 0 radical (unpaired) electrons. The van der Waals surface area contributed by atoms with Gasteiger partial charge in [0.05, 0.1) is 6.54 Å². The van der Waals surface area contributed by atoms with Crippen LogP contribution >= 0.6 is 0 Å². The van der Waals surface area contributed by atoms with Crippen LogP contribution in [-0.2, 0) is 11.2 Å². The van der Waals surface area contributed by atoms with Gasteiger partial charge in [0, 0.05) is 32.2 Å². The van der Waals surface area contributed by atoms with Crippen LogP contribution in [-0.4, -0.2) is 43.5 Å². The Bertz CT molecular complexity index is 564. The lowest BCUT2D eigenvalue weighted by Crippen LogP contribution is -2.46. The summed E-state index contributed by atoms with van der Waals surface area (Å²) >= 11 is 0. The lowest BCUT2D eigenvalue weighted by Gasteiger charge is -2.34. The number of carbonyl (C=O) groups excluding carboxylic acids is 1. The molecule has 126 valence electrons. The van der Waals surface area contributed by atoms with Crippen LogP contribution in [0.25, 0.3) is 0 Å². The second kappa shape index (κ2) is 7.02. The number of aryl methyl sites for hydroxylation is 1. The highest BCUT2D eigenvalue weighted by atomic mass is 16.1. The number of likely N-dealkylation sites (tertiary alicyclic amines) is 1. The number of nitrogens with zero attached hydrogens (tertiary/aromatic N) is 1. The summed E-state index contributed by atoms with van der Waals surface area (Å²) in [5.74, 6) is 0.779.